The fraction of sp³-hybridized carbons (Fsp3) is 0.818. The Morgan fingerprint density at radius 3 is 1.71 bits per heavy atom. The van der Waals surface area contributed by atoms with Crippen molar-refractivity contribution >= 4 is 11.9 Å². The van der Waals surface area contributed by atoms with E-state index in [9.17, 15) is 18.4 Å². The van der Waals surface area contributed by atoms with Crippen LogP contribution in [0, 0.1) is 5.41 Å². The van der Waals surface area contributed by atoms with Crippen LogP contribution in [0.2, 0.25) is 0 Å². The molecule has 17 heavy (non-hydrogen) atoms. The van der Waals surface area contributed by atoms with Gasteiger partial charge in [0.1, 0.15) is 0 Å². The maximum absolute atomic E-state index is 12.5. The lowest BCUT2D eigenvalue weighted by Gasteiger charge is -2.27. The van der Waals surface area contributed by atoms with E-state index in [4.69, 9.17) is 9.47 Å². The average Bonchev–Trinajstić information content (AvgIpc) is 2.26. The van der Waals surface area contributed by atoms with Gasteiger partial charge in [-0.15, -0.1) is 0 Å². The first kappa shape index (κ1) is 15.8. The summed E-state index contributed by atoms with van der Waals surface area (Å²) >= 11 is 0. The second kappa shape index (κ2) is 7.19. The highest BCUT2D eigenvalue weighted by molar-refractivity contribution is 6.00. The molecule has 0 aromatic rings. The van der Waals surface area contributed by atoms with E-state index >= 15 is 0 Å². The zero-order valence-corrected chi connectivity index (χ0v) is 10.3. The molecule has 0 N–H and O–H groups in total. The lowest BCUT2D eigenvalue weighted by molar-refractivity contribution is -0.175. The molecule has 0 saturated carbocycles. The van der Waals surface area contributed by atoms with Crippen molar-refractivity contribution in [2.24, 2.45) is 5.41 Å². The summed E-state index contributed by atoms with van der Waals surface area (Å²) in [6.07, 6.45) is -3.72. The molecule has 0 unspecified atom stereocenters. The normalized spacial score (nSPS) is 11.4. The number of halogens is 2. The summed E-state index contributed by atoms with van der Waals surface area (Å²) in [6.45, 7) is 4.64. The van der Waals surface area contributed by atoms with Crippen molar-refractivity contribution in [2.45, 2.75) is 40.0 Å². The van der Waals surface area contributed by atoms with Crippen LogP contribution in [0.1, 0.15) is 33.6 Å². The van der Waals surface area contributed by atoms with Crippen LogP contribution >= 0.6 is 0 Å². The average molecular weight is 252 g/mol. The van der Waals surface area contributed by atoms with Gasteiger partial charge in [0.2, 0.25) is 6.43 Å². The molecule has 0 aromatic heterocycles. The Hall–Kier alpha value is -1.20. The molecule has 0 rings (SSSR count). The molecule has 0 aliphatic rings. The number of rotatable bonds is 7. The molecule has 0 aliphatic carbocycles. The van der Waals surface area contributed by atoms with Crippen LogP contribution < -0.4 is 0 Å². The van der Waals surface area contributed by atoms with Gasteiger partial charge in [0.05, 0.1) is 13.2 Å². The summed E-state index contributed by atoms with van der Waals surface area (Å²) in [5, 5.41) is 0. The number of carbonyl (C=O) groups excluding carboxylic acids is 2. The molecule has 0 amide bonds. The molecule has 0 bridgehead atoms. The van der Waals surface area contributed by atoms with Crippen LogP contribution in [-0.2, 0) is 19.1 Å². The highest BCUT2D eigenvalue weighted by Gasteiger charge is 2.49. The van der Waals surface area contributed by atoms with Crippen molar-refractivity contribution in [1.29, 1.82) is 0 Å². The van der Waals surface area contributed by atoms with E-state index in [2.05, 4.69) is 0 Å². The zero-order valence-electron chi connectivity index (χ0n) is 10.3. The largest absolute Gasteiger partial charge is 0.465 e. The second-order valence-electron chi connectivity index (χ2n) is 3.47. The molecule has 0 heterocycles. The van der Waals surface area contributed by atoms with Crippen LogP contribution in [0.25, 0.3) is 0 Å². The van der Waals surface area contributed by atoms with Crippen molar-refractivity contribution < 1.29 is 27.8 Å². The Morgan fingerprint density at radius 1 is 1.06 bits per heavy atom. The number of alkyl halides is 2. The number of ether oxygens (including phenoxy) is 2. The summed E-state index contributed by atoms with van der Waals surface area (Å²) in [5.41, 5.74) is -1.89. The lowest BCUT2D eigenvalue weighted by Crippen LogP contribution is -2.43. The summed E-state index contributed by atoms with van der Waals surface area (Å²) in [4.78, 5) is 23.4. The van der Waals surface area contributed by atoms with Crippen molar-refractivity contribution in [1.82, 2.24) is 0 Å². The minimum Gasteiger partial charge on any atom is -0.465 e. The van der Waals surface area contributed by atoms with Gasteiger partial charge in [0.15, 0.2) is 5.41 Å². The summed E-state index contributed by atoms with van der Waals surface area (Å²) in [6, 6.07) is 0. The minimum atomic E-state index is -2.77. The SMILES string of the molecule is CCOC(=O)C(CC)(CC(F)F)C(=O)OCC. The van der Waals surface area contributed by atoms with Gasteiger partial charge in [-0.2, -0.15) is 0 Å². The predicted octanol–water partition coefficient (Wildman–Crippen LogP) is 2.16. The van der Waals surface area contributed by atoms with E-state index in [1.165, 1.54) is 6.92 Å². The van der Waals surface area contributed by atoms with Gasteiger partial charge in [-0.25, -0.2) is 8.78 Å². The third-order valence-corrected chi connectivity index (χ3v) is 2.44. The predicted molar refractivity (Wildman–Crippen MR) is 56.6 cm³/mol. The fourth-order valence-electron chi connectivity index (χ4n) is 1.48. The Labute approximate surface area is 99.3 Å². The highest BCUT2D eigenvalue weighted by atomic mass is 19.3. The van der Waals surface area contributed by atoms with E-state index in [1.54, 1.807) is 13.8 Å². The van der Waals surface area contributed by atoms with Gasteiger partial charge >= 0.3 is 11.9 Å². The topological polar surface area (TPSA) is 52.6 Å². The van der Waals surface area contributed by atoms with Crippen LogP contribution in [0.5, 0.6) is 0 Å². The molecule has 0 radical (unpaired) electrons. The van der Waals surface area contributed by atoms with E-state index in [0.29, 0.717) is 0 Å². The maximum Gasteiger partial charge on any atom is 0.323 e. The van der Waals surface area contributed by atoms with Crippen molar-refractivity contribution in [3.8, 4) is 0 Å². The van der Waals surface area contributed by atoms with Crippen molar-refractivity contribution in [3.63, 3.8) is 0 Å². The van der Waals surface area contributed by atoms with Gasteiger partial charge in [-0.1, -0.05) is 6.92 Å². The van der Waals surface area contributed by atoms with E-state index in [-0.39, 0.29) is 19.6 Å². The van der Waals surface area contributed by atoms with Gasteiger partial charge in [-0.05, 0) is 20.3 Å². The molecule has 0 saturated heterocycles. The van der Waals surface area contributed by atoms with E-state index in [0.717, 1.165) is 0 Å². The summed E-state index contributed by atoms with van der Waals surface area (Å²) < 4.78 is 34.4. The first-order chi connectivity index (χ1) is 7.94. The molecule has 6 heteroatoms. The van der Waals surface area contributed by atoms with Gasteiger partial charge in [0, 0.05) is 6.42 Å². The van der Waals surface area contributed by atoms with Crippen LogP contribution in [0.3, 0.4) is 0 Å². The number of hydrogen-bond acceptors (Lipinski definition) is 4. The Kier molecular flexibility index (Phi) is 6.68. The van der Waals surface area contributed by atoms with Crippen LogP contribution in [0.15, 0.2) is 0 Å². The van der Waals surface area contributed by atoms with E-state index < -0.39 is 30.2 Å². The van der Waals surface area contributed by atoms with Gasteiger partial charge < -0.3 is 9.47 Å². The molecule has 4 nitrogen and oxygen atoms in total. The first-order valence-electron chi connectivity index (χ1n) is 5.57. The fourth-order valence-corrected chi connectivity index (χ4v) is 1.48. The molecular formula is C11H18F2O4. The van der Waals surface area contributed by atoms with Gasteiger partial charge in [-0.3, -0.25) is 9.59 Å². The van der Waals surface area contributed by atoms with Crippen molar-refractivity contribution in [3.05, 3.63) is 0 Å². The Morgan fingerprint density at radius 2 is 1.47 bits per heavy atom. The minimum absolute atomic E-state index is 0.0310. The number of esters is 2. The third-order valence-electron chi connectivity index (χ3n) is 2.44. The molecule has 0 aliphatic heterocycles. The third kappa shape index (κ3) is 3.94. The number of hydrogen-bond donors (Lipinski definition) is 0. The molecule has 0 atom stereocenters. The summed E-state index contributed by atoms with van der Waals surface area (Å²) in [7, 11) is 0. The van der Waals surface area contributed by atoms with Gasteiger partial charge in [0.25, 0.3) is 0 Å². The maximum atomic E-state index is 12.5. The highest BCUT2D eigenvalue weighted by Crippen LogP contribution is 2.33. The quantitative estimate of drug-likeness (QED) is 0.514. The summed E-state index contributed by atoms with van der Waals surface area (Å²) in [5.74, 6) is -1.89. The lowest BCUT2D eigenvalue weighted by atomic mass is 9.82. The smallest absolute Gasteiger partial charge is 0.323 e. The van der Waals surface area contributed by atoms with Crippen LogP contribution in [0.4, 0.5) is 8.78 Å². The first-order valence-corrected chi connectivity index (χ1v) is 5.57. The van der Waals surface area contributed by atoms with Crippen molar-refractivity contribution in [2.75, 3.05) is 13.2 Å². The number of carbonyl (C=O) groups is 2. The van der Waals surface area contributed by atoms with Crippen LogP contribution in [-0.4, -0.2) is 31.6 Å². The molecule has 100 valence electrons. The Balaban J connectivity index is 5.12. The standard InChI is InChI=1S/C11H18F2O4/c1-4-11(7-8(12)13,9(14)16-5-2)10(15)17-6-3/h8H,4-7H2,1-3H3. The molecule has 0 aromatic carbocycles. The monoisotopic (exact) mass is 252 g/mol. The Bertz CT molecular complexity index is 248. The molecule has 0 spiro atoms. The molecular weight excluding hydrogens is 234 g/mol. The zero-order chi connectivity index (χ0) is 13.5. The molecule has 0 fully saturated rings. The second-order valence-corrected chi connectivity index (χ2v) is 3.47. The van der Waals surface area contributed by atoms with E-state index in [1.807, 2.05) is 0 Å².